The van der Waals surface area contributed by atoms with E-state index in [-0.39, 0.29) is 12.3 Å². The standard InChI is InChI=1S/C13H9Cl2NO3/c14-10-2-1-9(13(15)7-10)8-19-12-5-3-11(4-6-12)16(17)18/h1-7H,8H2. The molecular weight excluding hydrogens is 289 g/mol. The Bertz CT molecular complexity index is 599. The number of rotatable bonds is 4. The summed E-state index contributed by atoms with van der Waals surface area (Å²) in [7, 11) is 0. The molecular formula is C13H9Cl2NO3. The molecule has 0 heterocycles. The number of hydrogen-bond acceptors (Lipinski definition) is 3. The van der Waals surface area contributed by atoms with Crippen LogP contribution in [0.25, 0.3) is 0 Å². The third-order valence-electron chi connectivity index (χ3n) is 2.46. The predicted octanol–water partition coefficient (Wildman–Crippen LogP) is 4.48. The van der Waals surface area contributed by atoms with Crippen molar-refractivity contribution in [2.45, 2.75) is 6.61 Å². The second-order valence-electron chi connectivity index (χ2n) is 3.78. The van der Waals surface area contributed by atoms with E-state index in [1.54, 1.807) is 30.3 Å². The van der Waals surface area contributed by atoms with E-state index in [1.807, 2.05) is 0 Å². The van der Waals surface area contributed by atoms with Gasteiger partial charge in [-0.15, -0.1) is 0 Å². The average molecular weight is 298 g/mol. The molecule has 2 aromatic carbocycles. The van der Waals surface area contributed by atoms with Crippen molar-refractivity contribution in [1.82, 2.24) is 0 Å². The first-order valence-electron chi connectivity index (χ1n) is 5.37. The van der Waals surface area contributed by atoms with Crippen LogP contribution in [0.1, 0.15) is 5.56 Å². The van der Waals surface area contributed by atoms with Crippen molar-refractivity contribution in [2.24, 2.45) is 0 Å². The first-order chi connectivity index (χ1) is 9.06. The van der Waals surface area contributed by atoms with Crippen molar-refractivity contribution < 1.29 is 9.66 Å². The largest absolute Gasteiger partial charge is 0.489 e. The van der Waals surface area contributed by atoms with Gasteiger partial charge in [-0.2, -0.15) is 0 Å². The molecule has 0 saturated heterocycles. The fourth-order valence-electron chi connectivity index (χ4n) is 1.46. The molecule has 0 spiro atoms. The van der Waals surface area contributed by atoms with Crippen LogP contribution < -0.4 is 4.74 Å². The van der Waals surface area contributed by atoms with Gasteiger partial charge in [-0.25, -0.2) is 0 Å². The van der Waals surface area contributed by atoms with E-state index in [0.717, 1.165) is 5.56 Å². The molecule has 0 N–H and O–H groups in total. The molecule has 0 atom stereocenters. The Balaban J connectivity index is 2.04. The third-order valence-corrected chi connectivity index (χ3v) is 3.04. The molecule has 0 saturated carbocycles. The molecule has 0 bridgehead atoms. The van der Waals surface area contributed by atoms with E-state index in [4.69, 9.17) is 27.9 Å². The van der Waals surface area contributed by atoms with Crippen LogP contribution in [-0.4, -0.2) is 4.92 Å². The Morgan fingerprint density at radius 1 is 1.11 bits per heavy atom. The lowest BCUT2D eigenvalue weighted by molar-refractivity contribution is -0.384. The van der Waals surface area contributed by atoms with Crippen LogP contribution in [0.15, 0.2) is 42.5 Å². The summed E-state index contributed by atoms with van der Waals surface area (Å²) in [6.07, 6.45) is 0. The number of nitro benzene ring substituents is 1. The highest BCUT2D eigenvalue weighted by Crippen LogP contribution is 2.23. The third kappa shape index (κ3) is 3.59. The Morgan fingerprint density at radius 3 is 2.37 bits per heavy atom. The van der Waals surface area contributed by atoms with Crippen molar-refractivity contribution in [3.8, 4) is 5.75 Å². The van der Waals surface area contributed by atoms with Crippen LogP contribution in [0.2, 0.25) is 10.0 Å². The van der Waals surface area contributed by atoms with Crippen molar-refractivity contribution in [3.63, 3.8) is 0 Å². The van der Waals surface area contributed by atoms with E-state index in [9.17, 15) is 10.1 Å². The van der Waals surface area contributed by atoms with Gasteiger partial charge in [0.15, 0.2) is 0 Å². The molecule has 4 nitrogen and oxygen atoms in total. The lowest BCUT2D eigenvalue weighted by atomic mass is 10.2. The van der Waals surface area contributed by atoms with Gasteiger partial charge in [-0.1, -0.05) is 29.3 Å². The van der Waals surface area contributed by atoms with Gasteiger partial charge in [-0.3, -0.25) is 10.1 Å². The predicted molar refractivity (Wildman–Crippen MR) is 73.9 cm³/mol. The SMILES string of the molecule is O=[N+]([O-])c1ccc(OCc2ccc(Cl)cc2Cl)cc1. The van der Waals surface area contributed by atoms with Gasteiger partial charge in [0.05, 0.1) is 4.92 Å². The molecule has 19 heavy (non-hydrogen) atoms. The monoisotopic (exact) mass is 297 g/mol. The van der Waals surface area contributed by atoms with Crippen molar-refractivity contribution in [2.75, 3.05) is 0 Å². The highest BCUT2D eigenvalue weighted by atomic mass is 35.5. The number of ether oxygens (including phenoxy) is 1. The van der Waals surface area contributed by atoms with Crippen LogP contribution in [0, 0.1) is 10.1 Å². The van der Waals surface area contributed by atoms with E-state index in [2.05, 4.69) is 0 Å². The van der Waals surface area contributed by atoms with E-state index in [1.165, 1.54) is 12.1 Å². The zero-order valence-electron chi connectivity index (χ0n) is 9.68. The first-order valence-corrected chi connectivity index (χ1v) is 6.13. The number of halogens is 2. The second kappa shape index (κ2) is 5.91. The Labute approximate surface area is 119 Å². The van der Waals surface area contributed by atoms with E-state index in [0.29, 0.717) is 15.8 Å². The summed E-state index contributed by atoms with van der Waals surface area (Å²) < 4.78 is 5.50. The van der Waals surface area contributed by atoms with E-state index >= 15 is 0 Å². The lowest BCUT2D eigenvalue weighted by Gasteiger charge is -2.07. The summed E-state index contributed by atoms with van der Waals surface area (Å²) in [5.74, 6) is 0.539. The second-order valence-corrected chi connectivity index (χ2v) is 4.62. The summed E-state index contributed by atoms with van der Waals surface area (Å²) in [4.78, 5) is 10.0. The van der Waals surface area contributed by atoms with Gasteiger partial charge in [0.2, 0.25) is 0 Å². The molecule has 0 aliphatic heterocycles. The number of non-ortho nitro benzene ring substituents is 1. The lowest BCUT2D eigenvalue weighted by Crippen LogP contribution is -1.96. The molecule has 0 fully saturated rings. The van der Waals surface area contributed by atoms with Crippen LogP contribution in [0.4, 0.5) is 5.69 Å². The van der Waals surface area contributed by atoms with Gasteiger partial charge in [0.25, 0.3) is 5.69 Å². The van der Waals surface area contributed by atoms with E-state index < -0.39 is 4.92 Å². The number of nitro groups is 1. The first kappa shape index (κ1) is 13.6. The number of benzene rings is 2. The summed E-state index contributed by atoms with van der Waals surface area (Å²) in [5, 5.41) is 11.6. The van der Waals surface area contributed by atoms with Crippen LogP contribution in [0.5, 0.6) is 5.75 Å². The molecule has 2 rings (SSSR count). The van der Waals surface area contributed by atoms with Crippen LogP contribution in [0.3, 0.4) is 0 Å². The Morgan fingerprint density at radius 2 is 1.79 bits per heavy atom. The maximum atomic E-state index is 10.5. The molecule has 0 radical (unpaired) electrons. The fraction of sp³-hybridized carbons (Fsp3) is 0.0769. The summed E-state index contributed by atoms with van der Waals surface area (Å²) in [6.45, 7) is 0.272. The smallest absolute Gasteiger partial charge is 0.269 e. The normalized spacial score (nSPS) is 10.2. The summed E-state index contributed by atoms with van der Waals surface area (Å²) in [5.41, 5.74) is 0.821. The topological polar surface area (TPSA) is 52.4 Å². The molecule has 6 heteroatoms. The zero-order chi connectivity index (χ0) is 13.8. The van der Waals surface area contributed by atoms with Crippen LogP contribution >= 0.6 is 23.2 Å². The van der Waals surface area contributed by atoms with Crippen molar-refractivity contribution in [1.29, 1.82) is 0 Å². The minimum absolute atomic E-state index is 0.0249. The molecule has 0 aromatic heterocycles. The molecule has 0 amide bonds. The summed E-state index contributed by atoms with van der Waals surface area (Å²) in [6, 6.07) is 11.0. The molecule has 2 aromatic rings. The number of hydrogen-bond donors (Lipinski definition) is 0. The van der Waals surface area contributed by atoms with Crippen LogP contribution in [-0.2, 0) is 6.61 Å². The van der Waals surface area contributed by atoms with Gasteiger partial charge in [0.1, 0.15) is 12.4 Å². The quantitative estimate of drug-likeness (QED) is 0.617. The maximum absolute atomic E-state index is 10.5. The summed E-state index contributed by atoms with van der Waals surface area (Å²) >= 11 is 11.8. The zero-order valence-corrected chi connectivity index (χ0v) is 11.2. The highest BCUT2D eigenvalue weighted by molar-refractivity contribution is 6.35. The maximum Gasteiger partial charge on any atom is 0.269 e. The fourth-order valence-corrected chi connectivity index (χ4v) is 1.93. The molecule has 0 aliphatic carbocycles. The number of nitrogens with zero attached hydrogens (tertiary/aromatic N) is 1. The van der Waals surface area contributed by atoms with Gasteiger partial charge in [-0.05, 0) is 24.3 Å². The minimum Gasteiger partial charge on any atom is -0.489 e. The minimum atomic E-state index is -0.458. The molecule has 0 unspecified atom stereocenters. The van der Waals surface area contributed by atoms with Crippen molar-refractivity contribution in [3.05, 3.63) is 68.2 Å². The van der Waals surface area contributed by atoms with Gasteiger partial charge in [0, 0.05) is 27.7 Å². The Kier molecular flexibility index (Phi) is 4.24. The average Bonchev–Trinajstić information content (AvgIpc) is 2.38. The molecule has 0 aliphatic rings. The Hall–Kier alpha value is -1.78. The van der Waals surface area contributed by atoms with Crippen molar-refractivity contribution >= 4 is 28.9 Å². The highest BCUT2D eigenvalue weighted by Gasteiger charge is 2.06. The van der Waals surface area contributed by atoms with Gasteiger partial charge < -0.3 is 4.74 Å². The van der Waals surface area contributed by atoms with Gasteiger partial charge >= 0.3 is 0 Å². The molecule has 98 valence electrons.